The fraction of sp³-hybridized carbons (Fsp3) is 0.250. The van der Waals surface area contributed by atoms with Crippen LogP contribution in [0.25, 0.3) is 10.9 Å². The first-order chi connectivity index (χ1) is 12.8. The van der Waals surface area contributed by atoms with E-state index in [4.69, 9.17) is 0 Å². The first-order valence-electron chi connectivity index (χ1n) is 8.59. The topological polar surface area (TPSA) is 64.0 Å². The summed E-state index contributed by atoms with van der Waals surface area (Å²) in [6.07, 6.45) is 0.425. The minimum Gasteiger partial charge on any atom is -0.273 e. The standard InChI is InChI=1S/C20H19F2N3O2/c1-12(2)9-18-23-17-8-7-15(22)11-16(17)20(27)25(18)24-19(26)10-13-3-5-14(21)6-4-13/h3-8,11-12H,9-10H2,1-2H3,(H,24,26). The minimum atomic E-state index is -0.554. The first-order valence-corrected chi connectivity index (χ1v) is 8.59. The average molecular weight is 371 g/mol. The van der Waals surface area contributed by atoms with Crippen LogP contribution in [-0.4, -0.2) is 15.6 Å². The number of nitrogens with one attached hydrogen (secondary N) is 1. The highest BCUT2D eigenvalue weighted by Crippen LogP contribution is 2.12. The summed E-state index contributed by atoms with van der Waals surface area (Å²) < 4.78 is 27.6. The highest BCUT2D eigenvalue weighted by Gasteiger charge is 2.15. The van der Waals surface area contributed by atoms with Gasteiger partial charge in [-0.1, -0.05) is 26.0 Å². The van der Waals surface area contributed by atoms with Crippen LogP contribution in [0.15, 0.2) is 47.3 Å². The molecule has 5 nitrogen and oxygen atoms in total. The number of nitrogens with zero attached hydrogens (tertiary/aromatic N) is 2. The largest absolute Gasteiger partial charge is 0.280 e. The molecule has 0 bridgehead atoms. The predicted molar refractivity (Wildman–Crippen MR) is 99.0 cm³/mol. The molecule has 0 spiro atoms. The van der Waals surface area contributed by atoms with Crippen LogP contribution >= 0.6 is 0 Å². The van der Waals surface area contributed by atoms with Crippen LogP contribution in [0.5, 0.6) is 0 Å². The van der Waals surface area contributed by atoms with E-state index in [9.17, 15) is 18.4 Å². The van der Waals surface area contributed by atoms with Crippen molar-refractivity contribution in [3.8, 4) is 0 Å². The molecule has 0 saturated carbocycles. The molecule has 0 fully saturated rings. The second kappa shape index (κ2) is 7.65. The lowest BCUT2D eigenvalue weighted by molar-refractivity contribution is -0.116. The van der Waals surface area contributed by atoms with Crippen LogP contribution in [0.3, 0.4) is 0 Å². The number of aromatic nitrogens is 2. The van der Waals surface area contributed by atoms with Crippen molar-refractivity contribution >= 4 is 16.8 Å². The lowest BCUT2D eigenvalue weighted by Gasteiger charge is -2.16. The van der Waals surface area contributed by atoms with Gasteiger partial charge in [0.1, 0.15) is 17.5 Å². The number of halogens is 2. The maximum atomic E-state index is 13.5. The normalized spacial score (nSPS) is 11.1. The van der Waals surface area contributed by atoms with E-state index in [0.717, 1.165) is 10.7 Å². The summed E-state index contributed by atoms with van der Waals surface area (Å²) in [7, 11) is 0. The van der Waals surface area contributed by atoms with Crippen LogP contribution in [0.2, 0.25) is 0 Å². The summed E-state index contributed by atoms with van der Waals surface area (Å²) in [4.78, 5) is 29.6. The Balaban J connectivity index is 1.97. The number of carbonyl (C=O) groups is 1. The zero-order chi connectivity index (χ0) is 19.6. The lowest BCUT2D eigenvalue weighted by atomic mass is 10.1. The van der Waals surface area contributed by atoms with Crippen molar-refractivity contribution in [1.82, 2.24) is 9.66 Å². The van der Waals surface area contributed by atoms with Crippen molar-refractivity contribution in [2.45, 2.75) is 26.7 Å². The number of rotatable bonds is 5. The van der Waals surface area contributed by atoms with Crippen molar-refractivity contribution < 1.29 is 13.6 Å². The Hall–Kier alpha value is -3.09. The van der Waals surface area contributed by atoms with E-state index in [1.165, 1.54) is 36.4 Å². The predicted octanol–water partition coefficient (Wildman–Crippen LogP) is 3.19. The summed E-state index contributed by atoms with van der Waals surface area (Å²) >= 11 is 0. The molecule has 0 radical (unpaired) electrons. The van der Waals surface area contributed by atoms with E-state index in [-0.39, 0.29) is 17.7 Å². The minimum absolute atomic E-state index is 0.0327. The van der Waals surface area contributed by atoms with Gasteiger partial charge in [-0.2, -0.15) is 0 Å². The van der Waals surface area contributed by atoms with Gasteiger partial charge in [0, 0.05) is 6.42 Å². The van der Waals surface area contributed by atoms with E-state index in [2.05, 4.69) is 10.4 Å². The number of fused-ring (bicyclic) bond motifs is 1. The molecule has 0 aliphatic carbocycles. The third kappa shape index (κ3) is 4.36. The molecule has 3 rings (SSSR count). The van der Waals surface area contributed by atoms with Crippen molar-refractivity contribution in [2.24, 2.45) is 5.92 Å². The first kappa shape index (κ1) is 18.7. The molecule has 2 aromatic carbocycles. The smallest absolute Gasteiger partial charge is 0.273 e. The van der Waals surface area contributed by atoms with Gasteiger partial charge < -0.3 is 0 Å². The molecule has 0 atom stereocenters. The molecule has 1 N–H and O–H groups in total. The van der Waals surface area contributed by atoms with Gasteiger partial charge in [-0.05, 0) is 41.8 Å². The summed E-state index contributed by atoms with van der Waals surface area (Å²) in [5.41, 5.74) is 2.99. The molecule has 0 aliphatic heterocycles. The van der Waals surface area contributed by atoms with Crippen molar-refractivity contribution in [1.29, 1.82) is 0 Å². The Morgan fingerprint density at radius 1 is 1.11 bits per heavy atom. The van der Waals surface area contributed by atoms with Crippen LogP contribution in [0.1, 0.15) is 25.2 Å². The number of benzene rings is 2. The van der Waals surface area contributed by atoms with Crippen molar-refractivity contribution in [3.63, 3.8) is 0 Å². The Morgan fingerprint density at radius 3 is 2.44 bits per heavy atom. The second-order valence-corrected chi connectivity index (χ2v) is 6.77. The van der Waals surface area contributed by atoms with Crippen LogP contribution < -0.4 is 11.0 Å². The van der Waals surface area contributed by atoms with Gasteiger partial charge in [0.2, 0.25) is 5.91 Å². The molecule has 140 valence electrons. The van der Waals surface area contributed by atoms with Gasteiger partial charge in [-0.3, -0.25) is 15.0 Å². The Labute approximate surface area is 154 Å². The highest BCUT2D eigenvalue weighted by molar-refractivity contribution is 5.86. The quantitative estimate of drug-likeness (QED) is 0.749. The zero-order valence-electron chi connectivity index (χ0n) is 15.0. The van der Waals surface area contributed by atoms with Gasteiger partial charge in [0.25, 0.3) is 5.56 Å². The fourth-order valence-electron chi connectivity index (χ4n) is 2.77. The van der Waals surface area contributed by atoms with E-state index >= 15 is 0 Å². The molecule has 7 heteroatoms. The molecule has 0 unspecified atom stereocenters. The van der Waals surface area contributed by atoms with E-state index in [1.807, 2.05) is 13.8 Å². The van der Waals surface area contributed by atoms with Gasteiger partial charge in [0.15, 0.2) is 0 Å². The molecule has 27 heavy (non-hydrogen) atoms. The maximum Gasteiger partial charge on any atom is 0.280 e. The second-order valence-electron chi connectivity index (χ2n) is 6.77. The fourth-order valence-corrected chi connectivity index (χ4v) is 2.77. The maximum absolute atomic E-state index is 13.5. The third-order valence-electron chi connectivity index (χ3n) is 4.00. The summed E-state index contributed by atoms with van der Waals surface area (Å²) in [5, 5.41) is 0.0876. The molecule has 0 aliphatic rings. The average Bonchev–Trinajstić information content (AvgIpc) is 2.60. The Morgan fingerprint density at radius 2 is 1.78 bits per heavy atom. The van der Waals surface area contributed by atoms with Gasteiger partial charge in [-0.25, -0.2) is 18.4 Å². The van der Waals surface area contributed by atoms with E-state index in [0.29, 0.717) is 23.3 Å². The lowest BCUT2D eigenvalue weighted by Crippen LogP contribution is -2.37. The monoisotopic (exact) mass is 371 g/mol. The molecule has 1 aromatic heterocycles. The van der Waals surface area contributed by atoms with Crippen molar-refractivity contribution in [2.75, 3.05) is 5.43 Å². The molecule has 1 amide bonds. The van der Waals surface area contributed by atoms with Crippen LogP contribution in [0.4, 0.5) is 8.78 Å². The summed E-state index contributed by atoms with van der Waals surface area (Å²) in [5.74, 6) is -0.819. The van der Waals surface area contributed by atoms with E-state index in [1.54, 1.807) is 0 Å². The Kier molecular flexibility index (Phi) is 5.30. The van der Waals surface area contributed by atoms with Gasteiger partial charge in [0.05, 0.1) is 17.3 Å². The number of hydrogen-bond donors (Lipinski definition) is 1. The molecular formula is C20H19F2N3O2. The van der Waals surface area contributed by atoms with Gasteiger partial charge in [-0.15, -0.1) is 0 Å². The SMILES string of the molecule is CC(C)Cc1nc2ccc(F)cc2c(=O)n1NC(=O)Cc1ccc(F)cc1. The number of carbonyl (C=O) groups excluding carboxylic acids is 1. The number of amides is 1. The summed E-state index contributed by atoms with van der Waals surface area (Å²) in [6.45, 7) is 3.93. The summed E-state index contributed by atoms with van der Waals surface area (Å²) in [6, 6.07) is 9.32. The van der Waals surface area contributed by atoms with Gasteiger partial charge >= 0.3 is 0 Å². The molecular weight excluding hydrogens is 352 g/mol. The Bertz CT molecular complexity index is 1040. The number of hydrogen-bond acceptors (Lipinski definition) is 3. The van der Waals surface area contributed by atoms with Crippen molar-refractivity contribution in [3.05, 3.63) is 75.8 Å². The van der Waals surface area contributed by atoms with Crippen LogP contribution in [0, 0.1) is 17.6 Å². The van der Waals surface area contributed by atoms with Crippen LogP contribution in [-0.2, 0) is 17.6 Å². The zero-order valence-corrected chi connectivity index (χ0v) is 15.0. The highest BCUT2D eigenvalue weighted by atomic mass is 19.1. The van der Waals surface area contributed by atoms with E-state index < -0.39 is 23.1 Å². The molecule has 0 saturated heterocycles. The molecule has 1 heterocycles. The third-order valence-corrected chi connectivity index (χ3v) is 4.00. The molecule has 3 aromatic rings.